The van der Waals surface area contributed by atoms with Gasteiger partial charge in [0.2, 0.25) is 0 Å². The lowest BCUT2D eigenvalue weighted by Crippen LogP contribution is -2.24. The van der Waals surface area contributed by atoms with Gasteiger partial charge in [-0.1, -0.05) is 0 Å². The summed E-state index contributed by atoms with van der Waals surface area (Å²) in [6.45, 7) is 0. The van der Waals surface area contributed by atoms with Crippen molar-refractivity contribution in [2.24, 2.45) is 5.92 Å². The fourth-order valence-corrected chi connectivity index (χ4v) is 3.76. The van der Waals surface area contributed by atoms with E-state index in [2.05, 4.69) is 17.2 Å². The van der Waals surface area contributed by atoms with Crippen LogP contribution in [0.5, 0.6) is 0 Å². The maximum Gasteiger partial charge on any atom is 0.0992 e. The Bertz CT molecular complexity index is 639. The zero-order chi connectivity index (χ0) is 14.4. The third-order valence-electron chi connectivity index (χ3n) is 5.17. The molecule has 0 spiro atoms. The van der Waals surface area contributed by atoms with E-state index in [1.54, 1.807) is 6.33 Å². The van der Waals surface area contributed by atoms with E-state index in [1.165, 1.54) is 18.4 Å². The lowest BCUT2D eigenvalue weighted by atomic mass is 9.80. The van der Waals surface area contributed by atoms with E-state index in [9.17, 15) is 10.2 Å². The van der Waals surface area contributed by atoms with Crippen molar-refractivity contribution < 1.29 is 10.2 Å². The Morgan fingerprint density at radius 1 is 1.14 bits per heavy atom. The Morgan fingerprint density at radius 2 is 1.90 bits per heavy atom. The molecular formula is C17H22N2O2. The summed E-state index contributed by atoms with van der Waals surface area (Å²) in [6.07, 6.45) is 11.0. The highest BCUT2D eigenvalue weighted by Gasteiger charge is 2.33. The molecule has 112 valence electrons. The maximum absolute atomic E-state index is 11.0. The van der Waals surface area contributed by atoms with Crippen LogP contribution in [0.1, 0.15) is 61.7 Å². The SMILES string of the molecule is OC1CCC([C@@H](O)c2c(C3CC3)ccn3cncc23)CC1. The first-order chi connectivity index (χ1) is 10.2. The van der Waals surface area contributed by atoms with Gasteiger partial charge in [0.05, 0.1) is 30.2 Å². The van der Waals surface area contributed by atoms with Crippen LogP contribution >= 0.6 is 0 Å². The van der Waals surface area contributed by atoms with Crippen molar-refractivity contribution in [2.75, 3.05) is 0 Å². The number of rotatable bonds is 3. The van der Waals surface area contributed by atoms with Gasteiger partial charge < -0.3 is 14.6 Å². The molecule has 2 heterocycles. The highest BCUT2D eigenvalue weighted by Crippen LogP contribution is 2.46. The molecule has 0 radical (unpaired) electrons. The molecular weight excluding hydrogens is 264 g/mol. The number of fused-ring (bicyclic) bond motifs is 1. The minimum Gasteiger partial charge on any atom is -0.393 e. The fraction of sp³-hybridized carbons (Fsp3) is 0.588. The van der Waals surface area contributed by atoms with Crippen molar-refractivity contribution in [3.63, 3.8) is 0 Å². The second kappa shape index (κ2) is 5.11. The predicted molar refractivity (Wildman–Crippen MR) is 80.1 cm³/mol. The lowest BCUT2D eigenvalue weighted by molar-refractivity contribution is 0.0415. The van der Waals surface area contributed by atoms with Crippen LogP contribution in [0.4, 0.5) is 0 Å². The van der Waals surface area contributed by atoms with Crippen LogP contribution in [0.15, 0.2) is 24.8 Å². The minimum atomic E-state index is -0.437. The molecule has 2 aliphatic carbocycles. The number of aliphatic hydroxyl groups excluding tert-OH is 2. The van der Waals surface area contributed by atoms with E-state index in [4.69, 9.17) is 0 Å². The molecule has 2 fully saturated rings. The molecule has 4 heteroatoms. The summed E-state index contributed by atoms with van der Waals surface area (Å²) in [7, 11) is 0. The summed E-state index contributed by atoms with van der Waals surface area (Å²) in [6, 6.07) is 2.16. The third-order valence-corrected chi connectivity index (χ3v) is 5.17. The molecule has 0 saturated heterocycles. The van der Waals surface area contributed by atoms with E-state index >= 15 is 0 Å². The topological polar surface area (TPSA) is 57.8 Å². The van der Waals surface area contributed by atoms with Gasteiger partial charge in [0, 0.05) is 11.8 Å². The van der Waals surface area contributed by atoms with Crippen molar-refractivity contribution in [3.8, 4) is 0 Å². The lowest BCUT2D eigenvalue weighted by Gasteiger charge is -2.30. The van der Waals surface area contributed by atoms with Crippen LogP contribution in [0.2, 0.25) is 0 Å². The highest BCUT2D eigenvalue weighted by molar-refractivity contribution is 5.59. The van der Waals surface area contributed by atoms with Crippen LogP contribution in [0, 0.1) is 5.92 Å². The van der Waals surface area contributed by atoms with Gasteiger partial charge in [0.1, 0.15) is 0 Å². The van der Waals surface area contributed by atoms with E-state index < -0.39 is 6.10 Å². The van der Waals surface area contributed by atoms with Gasteiger partial charge in [-0.2, -0.15) is 0 Å². The Labute approximate surface area is 124 Å². The van der Waals surface area contributed by atoms with Crippen molar-refractivity contribution in [2.45, 2.75) is 56.7 Å². The van der Waals surface area contributed by atoms with Gasteiger partial charge in [0.15, 0.2) is 0 Å². The fourth-order valence-electron chi connectivity index (χ4n) is 3.76. The van der Waals surface area contributed by atoms with Crippen LogP contribution in [-0.4, -0.2) is 25.7 Å². The first-order valence-corrected chi connectivity index (χ1v) is 8.04. The Balaban J connectivity index is 1.73. The van der Waals surface area contributed by atoms with Crippen LogP contribution < -0.4 is 0 Å². The summed E-state index contributed by atoms with van der Waals surface area (Å²) in [5, 5.41) is 20.7. The summed E-state index contributed by atoms with van der Waals surface area (Å²) >= 11 is 0. The number of aliphatic hydroxyl groups is 2. The molecule has 0 amide bonds. The number of aromatic nitrogens is 2. The van der Waals surface area contributed by atoms with Crippen molar-refractivity contribution in [1.29, 1.82) is 0 Å². The second-order valence-corrected chi connectivity index (χ2v) is 6.66. The molecule has 0 aliphatic heterocycles. The second-order valence-electron chi connectivity index (χ2n) is 6.66. The Kier molecular flexibility index (Phi) is 3.23. The maximum atomic E-state index is 11.0. The van der Waals surface area contributed by atoms with Crippen LogP contribution in [0.25, 0.3) is 5.52 Å². The normalized spacial score (nSPS) is 27.9. The smallest absolute Gasteiger partial charge is 0.0992 e. The van der Waals surface area contributed by atoms with Crippen LogP contribution in [-0.2, 0) is 0 Å². The van der Waals surface area contributed by atoms with Crippen molar-refractivity contribution in [3.05, 3.63) is 35.9 Å². The molecule has 0 bridgehead atoms. The van der Waals surface area contributed by atoms with E-state index in [0.29, 0.717) is 5.92 Å². The average molecular weight is 286 g/mol. The average Bonchev–Trinajstić information content (AvgIpc) is 3.23. The first kappa shape index (κ1) is 13.3. The molecule has 2 aromatic heterocycles. The van der Waals surface area contributed by atoms with Gasteiger partial charge >= 0.3 is 0 Å². The predicted octanol–water partition coefficient (Wildman–Crippen LogP) is 2.80. The zero-order valence-corrected chi connectivity index (χ0v) is 12.2. The summed E-state index contributed by atoms with van der Waals surface area (Å²) in [5.41, 5.74) is 3.43. The third kappa shape index (κ3) is 2.36. The molecule has 21 heavy (non-hydrogen) atoms. The van der Waals surface area contributed by atoms with Gasteiger partial charge in [-0.05, 0) is 62.0 Å². The quantitative estimate of drug-likeness (QED) is 0.912. The van der Waals surface area contributed by atoms with Crippen molar-refractivity contribution in [1.82, 2.24) is 9.38 Å². The van der Waals surface area contributed by atoms with Crippen molar-refractivity contribution >= 4 is 5.52 Å². The van der Waals surface area contributed by atoms with E-state index in [0.717, 1.165) is 36.8 Å². The standard InChI is InChI=1S/C17H22N2O2/c20-13-5-3-12(4-6-13)17(21)16-14(11-1-2-11)7-8-19-10-18-9-15(16)19/h7-13,17,20-21H,1-6H2/t12?,13?,17-/m1/s1. The summed E-state index contributed by atoms with van der Waals surface area (Å²) in [4.78, 5) is 4.23. The molecule has 2 aliphatic rings. The number of hydrogen-bond acceptors (Lipinski definition) is 3. The summed E-state index contributed by atoms with van der Waals surface area (Å²) in [5.74, 6) is 0.871. The molecule has 0 unspecified atom stereocenters. The largest absolute Gasteiger partial charge is 0.393 e. The summed E-state index contributed by atoms with van der Waals surface area (Å²) < 4.78 is 2.00. The van der Waals surface area contributed by atoms with E-state index in [1.807, 2.05) is 10.6 Å². The zero-order valence-electron chi connectivity index (χ0n) is 12.2. The van der Waals surface area contributed by atoms with Gasteiger partial charge in [0.25, 0.3) is 0 Å². The monoisotopic (exact) mass is 286 g/mol. The number of nitrogens with zero attached hydrogens (tertiary/aromatic N) is 2. The molecule has 0 aromatic carbocycles. The number of pyridine rings is 1. The molecule has 2 saturated carbocycles. The van der Waals surface area contributed by atoms with E-state index in [-0.39, 0.29) is 12.0 Å². The molecule has 4 rings (SSSR count). The number of imidazole rings is 1. The first-order valence-electron chi connectivity index (χ1n) is 8.04. The highest BCUT2D eigenvalue weighted by atomic mass is 16.3. The molecule has 4 nitrogen and oxygen atoms in total. The number of hydrogen-bond donors (Lipinski definition) is 2. The van der Waals surface area contributed by atoms with Gasteiger partial charge in [-0.25, -0.2) is 4.98 Å². The van der Waals surface area contributed by atoms with Gasteiger partial charge in [-0.15, -0.1) is 0 Å². The Hall–Kier alpha value is -1.39. The minimum absolute atomic E-state index is 0.179. The van der Waals surface area contributed by atoms with Gasteiger partial charge in [-0.3, -0.25) is 0 Å². The van der Waals surface area contributed by atoms with Crippen LogP contribution in [0.3, 0.4) is 0 Å². The Morgan fingerprint density at radius 3 is 2.62 bits per heavy atom. The molecule has 1 atom stereocenters. The molecule has 2 N–H and O–H groups in total. The molecule has 2 aromatic rings.